The van der Waals surface area contributed by atoms with Crippen molar-refractivity contribution in [3.8, 4) is 17.4 Å². The Kier molecular flexibility index (Phi) is 2.48. The average molecular weight is 283 g/mol. The minimum Gasteiger partial charge on any atom is -0.494 e. The van der Waals surface area contributed by atoms with Crippen molar-refractivity contribution < 1.29 is 14.9 Å². The van der Waals surface area contributed by atoms with Gasteiger partial charge in [-0.2, -0.15) is 0 Å². The van der Waals surface area contributed by atoms with E-state index >= 15 is 0 Å². The van der Waals surface area contributed by atoms with E-state index in [1.807, 2.05) is 36.4 Å². The number of aromatic hydroxyl groups is 2. The average Bonchev–Trinajstić information content (AvgIpc) is 3.13. The molecule has 2 N–H and O–H groups in total. The normalized spacial score (nSPS) is 22.2. The first kappa shape index (κ1) is 12.5. The van der Waals surface area contributed by atoms with Crippen LogP contribution in [0.5, 0.6) is 11.8 Å². The molecular weight excluding hydrogens is 266 g/mol. The molecule has 0 spiro atoms. The quantitative estimate of drug-likeness (QED) is 0.826. The maximum atomic E-state index is 10.5. The second kappa shape index (κ2) is 4.15. The minimum atomic E-state index is -0.243. The van der Waals surface area contributed by atoms with Crippen LogP contribution in [0, 0.1) is 0 Å². The lowest BCUT2D eigenvalue weighted by molar-refractivity contribution is 0.0842. The molecule has 2 aromatic rings. The van der Waals surface area contributed by atoms with E-state index in [0.717, 1.165) is 5.69 Å². The van der Waals surface area contributed by atoms with Gasteiger partial charge >= 0.3 is 0 Å². The Hall–Kier alpha value is -2.20. The smallest absolute Gasteiger partial charge is 0.205 e. The first-order valence-electron chi connectivity index (χ1n) is 7.18. The molecule has 2 bridgehead atoms. The second-order valence-electron chi connectivity index (χ2n) is 5.92. The van der Waals surface area contributed by atoms with Gasteiger partial charge in [0.15, 0.2) is 0 Å². The van der Waals surface area contributed by atoms with Crippen molar-refractivity contribution in [2.45, 2.75) is 32.0 Å². The van der Waals surface area contributed by atoms with Gasteiger partial charge in [-0.1, -0.05) is 38.1 Å². The number of aromatic nitrogens is 1. The Morgan fingerprint density at radius 2 is 1.48 bits per heavy atom. The van der Waals surface area contributed by atoms with Crippen LogP contribution in [0.1, 0.15) is 48.7 Å². The molecule has 0 aliphatic carbocycles. The van der Waals surface area contributed by atoms with Gasteiger partial charge in [-0.05, 0) is 23.6 Å². The lowest BCUT2D eigenvalue weighted by Crippen LogP contribution is -1.97. The van der Waals surface area contributed by atoms with E-state index in [4.69, 9.17) is 4.74 Å². The summed E-state index contributed by atoms with van der Waals surface area (Å²) in [5.74, 6) is 0.581. The molecule has 4 rings (SSSR count). The summed E-state index contributed by atoms with van der Waals surface area (Å²) in [6.45, 7) is 4.27. The van der Waals surface area contributed by atoms with Gasteiger partial charge in [0.2, 0.25) is 11.8 Å². The van der Waals surface area contributed by atoms with Crippen LogP contribution in [0.3, 0.4) is 0 Å². The van der Waals surface area contributed by atoms with Crippen LogP contribution in [0.25, 0.3) is 5.69 Å². The molecule has 1 aromatic carbocycles. The molecule has 2 aliphatic rings. The predicted molar refractivity (Wildman–Crippen MR) is 78.9 cm³/mol. The zero-order chi connectivity index (χ0) is 14.7. The van der Waals surface area contributed by atoms with Crippen molar-refractivity contribution in [2.24, 2.45) is 0 Å². The molecule has 0 amide bonds. The highest BCUT2D eigenvalue weighted by Crippen LogP contribution is 2.55. The highest BCUT2D eigenvalue weighted by Gasteiger charge is 2.42. The molecule has 2 aliphatic heterocycles. The zero-order valence-electron chi connectivity index (χ0n) is 11.9. The predicted octanol–water partition coefficient (Wildman–Crippen LogP) is 3.69. The van der Waals surface area contributed by atoms with E-state index in [9.17, 15) is 10.2 Å². The van der Waals surface area contributed by atoms with Gasteiger partial charge in [0.25, 0.3) is 0 Å². The molecule has 3 heterocycles. The zero-order valence-corrected chi connectivity index (χ0v) is 11.9. The molecular formula is C17H17NO3. The maximum absolute atomic E-state index is 10.5. The third-order valence-corrected chi connectivity index (χ3v) is 4.34. The number of hydrogen-bond donors (Lipinski definition) is 2. The van der Waals surface area contributed by atoms with Crippen LogP contribution in [-0.4, -0.2) is 14.8 Å². The van der Waals surface area contributed by atoms with Crippen molar-refractivity contribution in [2.75, 3.05) is 0 Å². The number of benzene rings is 1. The van der Waals surface area contributed by atoms with Crippen LogP contribution < -0.4 is 0 Å². The van der Waals surface area contributed by atoms with E-state index in [2.05, 4.69) is 13.8 Å². The van der Waals surface area contributed by atoms with Crippen LogP contribution in [0.15, 0.2) is 36.4 Å². The first-order chi connectivity index (χ1) is 10.1. The highest BCUT2D eigenvalue weighted by molar-refractivity contribution is 5.59. The van der Waals surface area contributed by atoms with Crippen molar-refractivity contribution in [1.82, 2.24) is 4.57 Å². The summed E-state index contributed by atoms with van der Waals surface area (Å²) in [6, 6.07) is 7.88. The van der Waals surface area contributed by atoms with Crippen LogP contribution in [-0.2, 0) is 4.74 Å². The van der Waals surface area contributed by atoms with E-state index in [0.29, 0.717) is 17.0 Å². The number of fused-ring (bicyclic) bond motifs is 5. The summed E-state index contributed by atoms with van der Waals surface area (Å²) < 4.78 is 7.13. The van der Waals surface area contributed by atoms with E-state index in [1.165, 1.54) is 10.1 Å². The Morgan fingerprint density at radius 3 is 1.95 bits per heavy atom. The van der Waals surface area contributed by atoms with Crippen molar-refractivity contribution in [1.29, 1.82) is 0 Å². The van der Waals surface area contributed by atoms with Crippen LogP contribution >= 0.6 is 0 Å². The number of nitrogens with zero attached hydrogens (tertiary/aromatic N) is 1. The van der Waals surface area contributed by atoms with Gasteiger partial charge in [-0.25, -0.2) is 0 Å². The summed E-state index contributed by atoms with van der Waals surface area (Å²) in [4.78, 5) is 0. The van der Waals surface area contributed by atoms with Crippen molar-refractivity contribution >= 4 is 0 Å². The Labute approximate surface area is 122 Å². The van der Waals surface area contributed by atoms with Gasteiger partial charge in [0, 0.05) is 0 Å². The summed E-state index contributed by atoms with van der Waals surface area (Å²) in [5.41, 5.74) is 3.35. The fraction of sp³-hybridized carbons (Fsp3) is 0.294. The molecule has 0 radical (unpaired) electrons. The molecule has 0 saturated heterocycles. The van der Waals surface area contributed by atoms with Crippen molar-refractivity contribution in [3.05, 3.63) is 53.1 Å². The summed E-state index contributed by atoms with van der Waals surface area (Å²) in [5, 5.41) is 20.9. The monoisotopic (exact) mass is 283 g/mol. The molecule has 1 aromatic heterocycles. The molecule has 4 heteroatoms. The van der Waals surface area contributed by atoms with Gasteiger partial charge in [0.1, 0.15) is 12.2 Å². The number of hydrogen-bond acceptors (Lipinski definition) is 3. The fourth-order valence-electron chi connectivity index (χ4n) is 3.18. The fourth-order valence-corrected chi connectivity index (χ4v) is 3.18. The molecule has 2 atom stereocenters. The summed E-state index contributed by atoms with van der Waals surface area (Å²) >= 11 is 0. The Morgan fingerprint density at radius 1 is 0.952 bits per heavy atom. The molecule has 0 fully saturated rings. The van der Waals surface area contributed by atoms with E-state index < -0.39 is 0 Å². The van der Waals surface area contributed by atoms with E-state index in [-0.39, 0.29) is 24.0 Å². The standard InChI is InChI=1S/C17H17NO3/c1-9(2)10-3-5-11(6-4-10)18-16(19)14-12-7-8-13(21-12)15(14)17(18)20/h3-9,12-13,19-20H,1-2H3. The molecule has 4 nitrogen and oxygen atoms in total. The van der Waals surface area contributed by atoms with Crippen LogP contribution in [0.4, 0.5) is 0 Å². The van der Waals surface area contributed by atoms with Gasteiger partial charge in [0.05, 0.1) is 16.8 Å². The largest absolute Gasteiger partial charge is 0.494 e. The van der Waals surface area contributed by atoms with Gasteiger partial charge < -0.3 is 14.9 Å². The third kappa shape index (κ3) is 1.59. The summed E-state index contributed by atoms with van der Waals surface area (Å²) in [7, 11) is 0. The lowest BCUT2D eigenvalue weighted by atomic mass is 10.0. The van der Waals surface area contributed by atoms with Gasteiger partial charge in [-0.3, -0.25) is 4.57 Å². The third-order valence-electron chi connectivity index (χ3n) is 4.34. The number of ether oxygens (including phenoxy) is 1. The topological polar surface area (TPSA) is 54.6 Å². The Balaban J connectivity index is 1.84. The molecule has 2 unspecified atom stereocenters. The Bertz CT molecular complexity index is 705. The molecule has 0 saturated carbocycles. The molecule has 108 valence electrons. The first-order valence-corrected chi connectivity index (χ1v) is 7.18. The lowest BCUT2D eigenvalue weighted by Gasteiger charge is -2.12. The van der Waals surface area contributed by atoms with Gasteiger partial charge in [-0.15, -0.1) is 0 Å². The SMILES string of the molecule is CC(C)c1ccc(-n2c(O)c3c(c2O)C2C=CC3O2)cc1. The second-order valence-corrected chi connectivity index (χ2v) is 5.92. The van der Waals surface area contributed by atoms with E-state index in [1.54, 1.807) is 0 Å². The highest BCUT2D eigenvalue weighted by atomic mass is 16.5. The van der Waals surface area contributed by atoms with Crippen LogP contribution in [0.2, 0.25) is 0 Å². The molecule has 21 heavy (non-hydrogen) atoms. The summed E-state index contributed by atoms with van der Waals surface area (Å²) in [6.07, 6.45) is 3.34. The maximum Gasteiger partial charge on any atom is 0.205 e. The number of rotatable bonds is 2. The van der Waals surface area contributed by atoms with Crippen molar-refractivity contribution in [3.63, 3.8) is 0 Å². The minimum absolute atomic E-state index is 0.0663.